The second-order valence-electron chi connectivity index (χ2n) is 10.9. The summed E-state index contributed by atoms with van der Waals surface area (Å²) in [6.45, 7) is 0. The minimum absolute atomic E-state index is 0.602. The van der Waals surface area contributed by atoms with Gasteiger partial charge < -0.3 is 4.90 Å². The minimum atomic E-state index is -0.602. The smallest absolute Gasteiger partial charge is 0.150 e. The highest BCUT2D eigenvalue weighted by Gasteiger charge is 2.48. The van der Waals surface area contributed by atoms with E-state index in [9.17, 15) is 4.79 Å². The maximum absolute atomic E-state index is 12.2. The number of hydrogen-bond donors (Lipinski definition) is 0. The molecule has 2 aliphatic rings. The lowest BCUT2D eigenvalue weighted by Gasteiger charge is -2.36. The Morgan fingerprint density at radius 1 is 0.452 bits per heavy atom. The van der Waals surface area contributed by atoms with E-state index in [4.69, 9.17) is 0 Å². The molecule has 0 fully saturated rings. The molecule has 0 unspecified atom stereocenters. The summed E-state index contributed by atoms with van der Waals surface area (Å²) >= 11 is 0. The van der Waals surface area contributed by atoms with Crippen molar-refractivity contribution in [1.82, 2.24) is 0 Å². The van der Waals surface area contributed by atoms with E-state index in [1.807, 2.05) is 6.07 Å². The van der Waals surface area contributed by atoms with E-state index in [-0.39, 0.29) is 0 Å². The van der Waals surface area contributed by atoms with Crippen molar-refractivity contribution in [3.63, 3.8) is 0 Å². The van der Waals surface area contributed by atoms with Crippen LogP contribution in [0.15, 0.2) is 146 Å². The van der Waals surface area contributed by atoms with Crippen LogP contribution < -0.4 is 4.90 Å². The number of nitrogens with zero attached hydrogens (tertiary/aromatic N) is 1. The van der Waals surface area contributed by atoms with Gasteiger partial charge in [-0.2, -0.15) is 0 Å². The van der Waals surface area contributed by atoms with Gasteiger partial charge in [-0.05, 0) is 87.0 Å². The van der Waals surface area contributed by atoms with Gasteiger partial charge in [0.15, 0.2) is 0 Å². The fourth-order valence-electron chi connectivity index (χ4n) is 7.01. The van der Waals surface area contributed by atoms with Gasteiger partial charge in [-0.1, -0.05) is 115 Å². The molecule has 0 atom stereocenters. The maximum Gasteiger partial charge on any atom is 0.150 e. The summed E-state index contributed by atoms with van der Waals surface area (Å²) in [6.07, 6.45) is 5.39. The van der Waals surface area contributed by atoms with Crippen molar-refractivity contribution in [2.75, 3.05) is 4.90 Å². The van der Waals surface area contributed by atoms with E-state index < -0.39 is 5.41 Å². The molecule has 2 aliphatic carbocycles. The van der Waals surface area contributed by atoms with E-state index in [0.717, 1.165) is 40.0 Å². The first-order valence-corrected chi connectivity index (χ1v) is 14.3. The summed E-state index contributed by atoms with van der Waals surface area (Å²) in [6, 6.07) is 51.5. The molecule has 2 nitrogen and oxygen atoms in total. The van der Waals surface area contributed by atoms with Crippen LogP contribution >= 0.6 is 0 Å². The van der Waals surface area contributed by atoms with Gasteiger partial charge in [0.05, 0.1) is 5.41 Å². The van der Waals surface area contributed by atoms with E-state index in [1.54, 1.807) is 0 Å². The van der Waals surface area contributed by atoms with Crippen LogP contribution in [0.4, 0.5) is 17.1 Å². The zero-order chi connectivity index (χ0) is 28.1. The van der Waals surface area contributed by atoms with E-state index in [1.165, 1.54) is 27.8 Å². The van der Waals surface area contributed by atoms with Crippen molar-refractivity contribution in [3.05, 3.63) is 185 Å². The molecule has 0 saturated heterocycles. The summed E-state index contributed by atoms with van der Waals surface area (Å²) in [5, 5.41) is 0. The van der Waals surface area contributed by atoms with Crippen molar-refractivity contribution >= 4 is 35.5 Å². The lowest BCUT2D eigenvalue weighted by Crippen LogP contribution is -2.30. The highest BCUT2D eigenvalue weighted by atomic mass is 16.1. The number of carbonyl (C=O) groups excluding carboxylic acids is 1. The molecule has 0 N–H and O–H groups in total. The predicted molar refractivity (Wildman–Crippen MR) is 173 cm³/mol. The van der Waals surface area contributed by atoms with Crippen LogP contribution in [0.25, 0.3) is 23.3 Å². The number of carbonyl (C=O) groups is 1. The normalized spacial score (nSPS) is 13.4. The third-order valence-corrected chi connectivity index (χ3v) is 8.74. The SMILES string of the molecule is O=Cc1ccc2c(c1)C1(c3cc(N(c4ccccc4)c4ccccc4)ccc3C=C2)c2ccccc2-c2ccccc21. The Balaban J connectivity index is 1.49. The summed E-state index contributed by atoms with van der Waals surface area (Å²) in [5.41, 5.74) is 12.9. The highest BCUT2D eigenvalue weighted by molar-refractivity contribution is 5.93. The Bertz CT molecular complexity index is 1920. The molecule has 0 aliphatic heterocycles. The first-order valence-electron chi connectivity index (χ1n) is 14.3. The fraction of sp³-hybridized carbons (Fsp3) is 0.0250. The van der Waals surface area contributed by atoms with Crippen LogP contribution in [-0.4, -0.2) is 6.29 Å². The number of aldehydes is 1. The van der Waals surface area contributed by atoms with E-state index >= 15 is 0 Å². The van der Waals surface area contributed by atoms with Gasteiger partial charge in [0.1, 0.15) is 6.29 Å². The number of anilines is 3. The second-order valence-corrected chi connectivity index (χ2v) is 10.9. The molecule has 0 heterocycles. The van der Waals surface area contributed by atoms with E-state index in [0.29, 0.717) is 5.56 Å². The fourth-order valence-corrected chi connectivity index (χ4v) is 7.01. The molecule has 0 radical (unpaired) electrons. The molecule has 2 heteroatoms. The molecule has 6 aromatic carbocycles. The monoisotopic (exact) mass is 537 g/mol. The van der Waals surface area contributed by atoms with Crippen LogP contribution in [-0.2, 0) is 5.41 Å². The molecule has 0 saturated carbocycles. The third kappa shape index (κ3) is 3.49. The van der Waals surface area contributed by atoms with Gasteiger partial charge in [-0.3, -0.25) is 4.79 Å². The number of benzene rings is 6. The number of para-hydroxylation sites is 2. The lowest BCUT2D eigenvalue weighted by molar-refractivity contribution is 0.112. The molecule has 198 valence electrons. The van der Waals surface area contributed by atoms with Gasteiger partial charge in [-0.25, -0.2) is 0 Å². The molecule has 1 spiro atoms. The molecule has 0 aromatic heterocycles. The van der Waals surface area contributed by atoms with Gasteiger partial charge in [-0.15, -0.1) is 0 Å². The third-order valence-electron chi connectivity index (χ3n) is 8.74. The number of rotatable bonds is 4. The van der Waals surface area contributed by atoms with Crippen molar-refractivity contribution in [1.29, 1.82) is 0 Å². The summed E-state index contributed by atoms with van der Waals surface area (Å²) in [5.74, 6) is 0. The molecular formula is C40H27NO. The maximum atomic E-state index is 12.2. The first-order chi connectivity index (χ1) is 20.8. The standard InChI is InChI=1S/C40H27NO/c42-27-28-19-20-29-21-22-30-23-24-33(41(31-11-3-1-4-12-31)32-13-5-2-6-14-32)26-39(30)40(38(29)25-28)36-17-9-7-15-34(36)35-16-8-10-18-37(35)40/h1-27H. The molecule has 8 rings (SSSR count). The molecule has 42 heavy (non-hydrogen) atoms. The van der Waals surface area contributed by atoms with Gasteiger partial charge in [0.2, 0.25) is 0 Å². The Labute approximate surface area is 245 Å². The van der Waals surface area contributed by atoms with Crippen LogP contribution in [0.3, 0.4) is 0 Å². The average molecular weight is 538 g/mol. The van der Waals surface area contributed by atoms with Crippen LogP contribution in [0.5, 0.6) is 0 Å². The van der Waals surface area contributed by atoms with Crippen molar-refractivity contribution in [2.24, 2.45) is 0 Å². The van der Waals surface area contributed by atoms with Crippen molar-refractivity contribution in [3.8, 4) is 11.1 Å². The largest absolute Gasteiger partial charge is 0.310 e. The average Bonchev–Trinajstić information content (AvgIpc) is 3.27. The van der Waals surface area contributed by atoms with Crippen LogP contribution in [0, 0.1) is 0 Å². The topological polar surface area (TPSA) is 20.3 Å². The zero-order valence-corrected chi connectivity index (χ0v) is 22.9. The second kappa shape index (κ2) is 9.57. The molecule has 6 aromatic rings. The summed E-state index contributed by atoms with van der Waals surface area (Å²) < 4.78 is 0. The molecular weight excluding hydrogens is 510 g/mol. The lowest BCUT2D eigenvalue weighted by atomic mass is 9.65. The van der Waals surface area contributed by atoms with Gasteiger partial charge in [0.25, 0.3) is 0 Å². The quantitative estimate of drug-likeness (QED) is 0.208. The zero-order valence-electron chi connectivity index (χ0n) is 22.9. The number of hydrogen-bond acceptors (Lipinski definition) is 2. The predicted octanol–water partition coefficient (Wildman–Crippen LogP) is 9.82. The van der Waals surface area contributed by atoms with Crippen LogP contribution in [0.2, 0.25) is 0 Å². The van der Waals surface area contributed by atoms with Crippen LogP contribution in [0.1, 0.15) is 43.7 Å². The number of fused-ring (bicyclic) bond motifs is 9. The van der Waals surface area contributed by atoms with Gasteiger partial charge in [0, 0.05) is 22.6 Å². The highest BCUT2D eigenvalue weighted by Crippen LogP contribution is 2.59. The molecule has 0 amide bonds. The van der Waals surface area contributed by atoms with Gasteiger partial charge >= 0.3 is 0 Å². The Kier molecular flexibility index (Phi) is 5.55. The van der Waals surface area contributed by atoms with Crippen molar-refractivity contribution in [2.45, 2.75) is 5.41 Å². The Hall–Kier alpha value is -5.47. The van der Waals surface area contributed by atoms with E-state index in [2.05, 4.69) is 157 Å². The summed E-state index contributed by atoms with van der Waals surface area (Å²) in [7, 11) is 0. The van der Waals surface area contributed by atoms with Crippen molar-refractivity contribution < 1.29 is 4.79 Å². The Morgan fingerprint density at radius 2 is 0.952 bits per heavy atom. The Morgan fingerprint density at radius 3 is 1.52 bits per heavy atom. The summed E-state index contributed by atoms with van der Waals surface area (Å²) in [4.78, 5) is 14.5. The first kappa shape index (κ1) is 24.3. The molecule has 0 bridgehead atoms. The minimum Gasteiger partial charge on any atom is -0.310 e.